The van der Waals surface area contributed by atoms with Gasteiger partial charge < -0.3 is 4.98 Å². The van der Waals surface area contributed by atoms with Crippen molar-refractivity contribution in [3.63, 3.8) is 0 Å². The number of H-pyrrole nitrogens is 1. The molecule has 31 heavy (non-hydrogen) atoms. The Labute approximate surface area is 178 Å². The molecule has 0 unspecified atom stereocenters. The van der Waals surface area contributed by atoms with Crippen LogP contribution in [0.4, 0.5) is 0 Å². The molecule has 8 nitrogen and oxygen atoms in total. The van der Waals surface area contributed by atoms with Gasteiger partial charge in [-0.15, -0.1) is 10.2 Å². The molecule has 1 aliphatic carbocycles. The number of rotatable bonds is 4. The summed E-state index contributed by atoms with van der Waals surface area (Å²) in [7, 11) is -3.60. The molecule has 0 saturated heterocycles. The minimum atomic E-state index is -3.60. The summed E-state index contributed by atoms with van der Waals surface area (Å²) < 4.78 is 31.0. The largest absolute Gasteiger partial charge is 0.345 e. The van der Waals surface area contributed by atoms with Crippen LogP contribution in [0.5, 0.6) is 0 Å². The van der Waals surface area contributed by atoms with Gasteiger partial charge in [-0.25, -0.2) is 18.1 Å². The van der Waals surface area contributed by atoms with Crippen LogP contribution in [0.25, 0.3) is 27.6 Å². The molecule has 9 heteroatoms. The Balaban J connectivity index is 1.26. The average molecular weight is 433 g/mol. The molecule has 0 spiro atoms. The van der Waals surface area contributed by atoms with E-state index in [-0.39, 0.29) is 12.0 Å². The van der Waals surface area contributed by atoms with E-state index in [2.05, 4.69) is 24.9 Å². The van der Waals surface area contributed by atoms with Crippen molar-refractivity contribution in [2.24, 2.45) is 0 Å². The van der Waals surface area contributed by atoms with Crippen LogP contribution in [0, 0.1) is 0 Å². The molecule has 3 heterocycles. The lowest BCUT2D eigenvalue weighted by Gasteiger charge is -2.14. The van der Waals surface area contributed by atoms with Crippen LogP contribution >= 0.6 is 0 Å². The van der Waals surface area contributed by atoms with E-state index in [1.54, 1.807) is 18.3 Å². The maximum atomic E-state index is 13.0. The topological polar surface area (TPSA) is 105 Å². The molecule has 2 N–H and O–H groups in total. The summed E-state index contributed by atoms with van der Waals surface area (Å²) in [4.78, 5) is 7.76. The van der Waals surface area contributed by atoms with Gasteiger partial charge in [-0.3, -0.25) is 4.40 Å². The molecule has 2 aromatic carbocycles. The van der Waals surface area contributed by atoms with Gasteiger partial charge in [0.1, 0.15) is 5.82 Å². The molecule has 156 valence electrons. The van der Waals surface area contributed by atoms with Crippen molar-refractivity contribution >= 4 is 37.6 Å². The number of aromatic nitrogens is 5. The standard InChI is InChI=1S/C22H20N6O2S/c29-31(30,18-8-6-14-3-1-2-4-15(14)12-18)27-17-7-5-16(11-17)22-26-25-20-13-24-21-19(28(20)22)9-10-23-21/h1-4,6,8-10,12-13,16-17,23,27H,5,7,11H2/t16-,17+/m1/s1. The number of nitrogens with zero attached hydrogens (tertiary/aromatic N) is 4. The first-order valence-corrected chi connectivity index (χ1v) is 11.7. The highest BCUT2D eigenvalue weighted by Crippen LogP contribution is 2.35. The molecular formula is C22H20N6O2S. The monoisotopic (exact) mass is 432 g/mol. The van der Waals surface area contributed by atoms with Gasteiger partial charge in [0.05, 0.1) is 16.6 Å². The van der Waals surface area contributed by atoms with Crippen molar-refractivity contribution in [3.8, 4) is 0 Å². The third-order valence-electron chi connectivity index (χ3n) is 6.12. The zero-order valence-corrected chi connectivity index (χ0v) is 17.4. The Morgan fingerprint density at radius 3 is 2.81 bits per heavy atom. The Hall–Kier alpha value is -3.30. The second-order valence-electron chi connectivity index (χ2n) is 8.06. The van der Waals surface area contributed by atoms with Gasteiger partial charge in [-0.1, -0.05) is 30.3 Å². The van der Waals surface area contributed by atoms with Crippen LogP contribution in [0.3, 0.4) is 0 Å². The second-order valence-corrected chi connectivity index (χ2v) is 9.77. The van der Waals surface area contributed by atoms with Gasteiger partial charge in [0, 0.05) is 18.2 Å². The van der Waals surface area contributed by atoms with Gasteiger partial charge in [-0.05, 0) is 48.2 Å². The number of sulfonamides is 1. The van der Waals surface area contributed by atoms with E-state index in [1.165, 1.54) is 0 Å². The SMILES string of the molecule is O=S(=O)(N[C@H]1CC[C@@H](c2nnc3cnc4[nH]ccc4n23)C1)c1ccc2ccccc2c1. The van der Waals surface area contributed by atoms with E-state index in [1.807, 2.05) is 47.0 Å². The quantitative estimate of drug-likeness (QED) is 0.453. The number of hydrogen-bond donors (Lipinski definition) is 2. The Morgan fingerprint density at radius 1 is 1.03 bits per heavy atom. The number of benzene rings is 2. The molecule has 6 rings (SSSR count). The third-order valence-corrected chi connectivity index (χ3v) is 7.64. The first kappa shape index (κ1) is 18.5. The van der Waals surface area contributed by atoms with Crippen molar-refractivity contribution < 1.29 is 8.42 Å². The third kappa shape index (κ3) is 3.08. The predicted octanol–water partition coefficient (Wildman–Crippen LogP) is 3.37. The van der Waals surface area contributed by atoms with Crippen molar-refractivity contribution in [1.82, 2.24) is 29.3 Å². The fourth-order valence-corrected chi connectivity index (χ4v) is 5.93. The van der Waals surface area contributed by atoms with Crippen LogP contribution in [0.1, 0.15) is 31.0 Å². The van der Waals surface area contributed by atoms with Crippen molar-refractivity contribution in [2.75, 3.05) is 0 Å². The summed E-state index contributed by atoms with van der Waals surface area (Å²) in [6.07, 6.45) is 5.83. The van der Waals surface area contributed by atoms with Crippen LogP contribution in [-0.2, 0) is 10.0 Å². The van der Waals surface area contributed by atoms with E-state index in [9.17, 15) is 8.42 Å². The van der Waals surface area contributed by atoms with Crippen LogP contribution < -0.4 is 4.72 Å². The molecule has 0 amide bonds. The van der Waals surface area contributed by atoms with Crippen LogP contribution in [-0.4, -0.2) is 39.0 Å². The minimum Gasteiger partial charge on any atom is -0.345 e. The highest BCUT2D eigenvalue weighted by Gasteiger charge is 2.32. The first-order chi connectivity index (χ1) is 15.1. The summed E-state index contributed by atoms with van der Waals surface area (Å²) in [6.45, 7) is 0. The predicted molar refractivity (Wildman–Crippen MR) is 117 cm³/mol. The van der Waals surface area contributed by atoms with Crippen molar-refractivity contribution in [3.05, 3.63) is 66.7 Å². The van der Waals surface area contributed by atoms with Gasteiger partial charge in [0.15, 0.2) is 11.3 Å². The first-order valence-electron chi connectivity index (χ1n) is 10.3. The molecule has 3 aromatic heterocycles. The van der Waals surface area contributed by atoms with Gasteiger partial charge >= 0.3 is 0 Å². The zero-order chi connectivity index (χ0) is 21.0. The summed E-state index contributed by atoms with van der Waals surface area (Å²) in [5.41, 5.74) is 2.40. The Bertz CT molecular complexity index is 1540. The fraction of sp³-hybridized carbons (Fsp3) is 0.227. The molecule has 0 radical (unpaired) electrons. The summed E-state index contributed by atoms with van der Waals surface area (Å²) in [6, 6.07) is 14.8. The summed E-state index contributed by atoms with van der Waals surface area (Å²) >= 11 is 0. The average Bonchev–Trinajstić information content (AvgIpc) is 3.51. The van der Waals surface area contributed by atoms with E-state index >= 15 is 0 Å². The lowest BCUT2D eigenvalue weighted by Crippen LogP contribution is -2.33. The molecule has 5 aromatic rings. The Morgan fingerprint density at radius 2 is 1.90 bits per heavy atom. The molecule has 1 fully saturated rings. The van der Waals surface area contributed by atoms with Crippen LogP contribution in [0.15, 0.2) is 65.8 Å². The maximum Gasteiger partial charge on any atom is 0.240 e. The van der Waals surface area contributed by atoms with E-state index < -0.39 is 10.0 Å². The molecule has 1 aliphatic rings. The van der Waals surface area contributed by atoms with Crippen LogP contribution in [0.2, 0.25) is 0 Å². The summed E-state index contributed by atoms with van der Waals surface area (Å²) in [5.74, 6) is 0.981. The number of hydrogen-bond acceptors (Lipinski definition) is 5. The number of aromatic amines is 1. The van der Waals surface area contributed by atoms with Gasteiger partial charge in [0.2, 0.25) is 10.0 Å². The van der Waals surface area contributed by atoms with E-state index in [0.29, 0.717) is 17.0 Å². The van der Waals surface area contributed by atoms with E-state index in [4.69, 9.17) is 0 Å². The lowest BCUT2D eigenvalue weighted by molar-refractivity contribution is 0.547. The minimum absolute atomic E-state index is 0.125. The van der Waals surface area contributed by atoms with Crippen molar-refractivity contribution in [1.29, 1.82) is 0 Å². The molecule has 2 atom stereocenters. The fourth-order valence-electron chi connectivity index (χ4n) is 4.61. The normalized spacial score (nSPS) is 19.6. The molecule has 1 saturated carbocycles. The van der Waals surface area contributed by atoms with Gasteiger partial charge in [-0.2, -0.15) is 0 Å². The molecule has 0 aliphatic heterocycles. The molecule has 0 bridgehead atoms. The number of nitrogens with one attached hydrogen (secondary N) is 2. The summed E-state index contributed by atoms with van der Waals surface area (Å²) in [5, 5.41) is 10.6. The molecular weight excluding hydrogens is 412 g/mol. The Kier molecular flexibility index (Phi) is 4.09. The smallest absolute Gasteiger partial charge is 0.240 e. The van der Waals surface area contributed by atoms with Crippen molar-refractivity contribution in [2.45, 2.75) is 36.1 Å². The number of fused-ring (bicyclic) bond motifs is 4. The van der Waals surface area contributed by atoms with Gasteiger partial charge in [0.25, 0.3) is 0 Å². The maximum absolute atomic E-state index is 13.0. The lowest BCUT2D eigenvalue weighted by atomic mass is 10.1. The highest BCUT2D eigenvalue weighted by atomic mass is 32.2. The second kappa shape index (κ2) is 6.86. The zero-order valence-electron chi connectivity index (χ0n) is 16.6. The highest BCUT2D eigenvalue weighted by molar-refractivity contribution is 7.89. The van der Waals surface area contributed by atoms with E-state index in [0.717, 1.165) is 40.6 Å².